The van der Waals surface area contributed by atoms with Gasteiger partial charge in [0.25, 0.3) is 5.91 Å². The van der Waals surface area contributed by atoms with Crippen LogP contribution in [0.25, 0.3) is 10.9 Å². The first kappa shape index (κ1) is 24.3. The number of hydrogen-bond acceptors (Lipinski definition) is 3. The minimum absolute atomic E-state index is 0.00613. The zero-order chi connectivity index (χ0) is 25.8. The summed E-state index contributed by atoms with van der Waals surface area (Å²) in [6, 6.07) is 29.6. The van der Waals surface area contributed by atoms with Crippen molar-refractivity contribution in [3.63, 3.8) is 0 Å². The summed E-state index contributed by atoms with van der Waals surface area (Å²) < 4.78 is 2.06. The Labute approximate surface area is 217 Å². The van der Waals surface area contributed by atoms with E-state index in [1.54, 1.807) is 17.0 Å². The molecule has 0 unspecified atom stereocenters. The molecule has 0 saturated carbocycles. The van der Waals surface area contributed by atoms with Crippen LogP contribution in [0.15, 0.2) is 84.9 Å². The molecule has 37 heavy (non-hydrogen) atoms. The molecule has 1 aliphatic heterocycles. The van der Waals surface area contributed by atoms with Crippen LogP contribution < -0.4 is 0 Å². The minimum atomic E-state index is -0.0673. The van der Waals surface area contributed by atoms with E-state index in [-0.39, 0.29) is 17.7 Å². The van der Waals surface area contributed by atoms with Crippen LogP contribution in [0.2, 0.25) is 0 Å². The van der Waals surface area contributed by atoms with Gasteiger partial charge < -0.3 is 14.4 Å². The highest BCUT2D eigenvalue weighted by Crippen LogP contribution is 2.26. The summed E-state index contributed by atoms with van der Waals surface area (Å²) >= 11 is 0. The fraction of sp³-hybridized carbons (Fsp3) is 0.258. The maximum absolute atomic E-state index is 13.7. The number of para-hydroxylation sites is 1. The number of fused-ring (bicyclic) bond motifs is 1. The van der Waals surface area contributed by atoms with Gasteiger partial charge in [-0.15, -0.1) is 0 Å². The lowest BCUT2D eigenvalue weighted by molar-refractivity contribution is -0.136. The summed E-state index contributed by atoms with van der Waals surface area (Å²) in [6.07, 6.45) is 1.33. The van der Waals surface area contributed by atoms with Gasteiger partial charge in [-0.25, -0.2) is 0 Å². The molecule has 2 heterocycles. The summed E-state index contributed by atoms with van der Waals surface area (Å²) in [5, 5.41) is 10.1. The van der Waals surface area contributed by atoms with E-state index in [0.717, 1.165) is 22.0 Å². The van der Waals surface area contributed by atoms with Gasteiger partial charge in [0.2, 0.25) is 5.91 Å². The predicted octanol–water partition coefficient (Wildman–Crippen LogP) is 5.07. The van der Waals surface area contributed by atoms with Crippen molar-refractivity contribution in [3.8, 4) is 6.07 Å². The van der Waals surface area contributed by atoms with Gasteiger partial charge in [-0.2, -0.15) is 5.26 Å². The molecule has 0 aliphatic carbocycles. The van der Waals surface area contributed by atoms with Crippen molar-refractivity contribution >= 4 is 22.7 Å². The van der Waals surface area contributed by atoms with Gasteiger partial charge in [-0.3, -0.25) is 9.59 Å². The highest BCUT2D eigenvalue weighted by Gasteiger charge is 2.31. The molecule has 5 rings (SSSR count). The highest BCUT2D eigenvalue weighted by molar-refractivity contribution is 5.99. The number of benzene rings is 3. The first-order valence-corrected chi connectivity index (χ1v) is 12.7. The van der Waals surface area contributed by atoms with E-state index in [1.165, 1.54) is 0 Å². The Kier molecular flexibility index (Phi) is 7.04. The van der Waals surface area contributed by atoms with Crippen LogP contribution in [0.1, 0.15) is 40.0 Å². The molecule has 1 fully saturated rings. The quantitative estimate of drug-likeness (QED) is 0.379. The largest absolute Gasteiger partial charge is 0.341 e. The number of hydrogen-bond donors (Lipinski definition) is 0. The van der Waals surface area contributed by atoms with E-state index in [4.69, 9.17) is 5.26 Å². The number of likely N-dealkylation sites (tertiary alicyclic amines) is 1. The van der Waals surface area contributed by atoms with Crippen molar-refractivity contribution in [2.75, 3.05) is 20.1 Å². The molecule has 1 aliphatic rings. The van der Waals surface area contributed by atoms with Crippen molar-refractivity contribution in [2.24, 2.45) is 5.92 Å². The van der Waals surface area contributed by atoms with Gasteiger partial charge in [0.15, 0.2) is 0 Å². The highest BCUT2D eigenvalue weighted by atomic mass is 16.2. The lowest BCUT2D eigenvalue weighted by atomic mass is 9.95. The average Bonchev–Trinajstić information content (AvgIpc) is 3.31. The van der Waals surface area contributed by atoms with E-state index >= 15 is 0 Å². The van der Waals surface area contributed by atoms with E-state index in [9.17, 15) is 9.59 Å². The smallest absolute Gasteiger partial charge is 0.270 e. The van der Waals surface area contributed by atoms with Crippen LogP contribution in [0.3, 0.4) is 0 Å². The van der Waals surface area contributed by atoms with E-state index in [1.807, 2.05) is 84.7 Å². The standard InChI is InChI=1S/C31H30N4O2/c1-33(21-24-7-3-2-4-8-24)30(36)26-15-17-34(18-16-26)31(37)29-19-27-9-5-6-10-28(27)35(29)22-25-13-11-23(20-32)12-14-25/h2-14,19,26H,15-18,21-22H2,1H3. The lowest BCUT2D eigenvalue weighted by Gasteiger charge is -2.33. The minimum Gasteiger partial charge on any atom is -0.341 e. The van der Waals surface area contributed by atoms with Crippen molar-refractivity contribution < 1.29 is 9.59 Å². The van der Waals surface area contributed by atoms with Gasteiger partial charge in [-0.1, -0.05) is 60.7 Å². The topological polar surface area (TPSA) is 69.3 Å². The van der Waals surface area contributed by atoms with E-state index in [0.29, 0.717) is 50.3 Å². The Bertz CT molecular complexity index is 1440. The van der Waals surface area contributed by atoms with Crippen LogP contribution in [0.4, 0.5) is 0 Å². The van der Waals surface area contributed by atoms with Gasteiger partial charge in [0, 0.05) is 50.0 Å². The summed E-state index contributed by atoms with van der Waals surface area (Å²) in [6.45, 7) is 2.26. The van der Waals surface area contributed by atoms with E-state index < -0.39 is 0 Å². The maximum atomic E-state index is 13.7. The van der Waals surface area contributed by atoms with Crippen LogP contribution in [-0.4, -0.2) is 46.3 Å². The van der Waals surface area contributed by atoms with Crippen LogP contribution in [0, 0.1) is 17.2 Å². The summed E-state index contributed by atoms with van der Waals surface area (Å²) in [4.78, 5) is 30.4. The molecule has 2 amide bonds. The molecular formula is C31H30N4O2. The van der Waals surface area contributed by atoms with Crippen molar-refractivity contribution in [3.05, 3.63) is 107 Å². The van der Waals surface area contributed by atoms with E-state index in [2.05, 4.69) is 10.6 Å². The number of amides is 2. The molecule has 1 aromatic heterocycles. The second-order valence-corrected chi connectivity index (χ2v) is 9.73. The fourth-order valence-electron chi connectivity index (χ4n) is 5.16. The maximum Gasteiger partial charge on any atom is 0.270 e. The zero-order valence-corrected chi connectivity index (χ0v) is 21.0. The molecule has 4 aromatic rings. The molecule has 186 valence electrons. The normalized spacial score (nSPS) is 13.9. The third-order valence-electron chi connectivity index (χ3n) is 7.22. The number of nitrogens with zero attached hydrogens (tertiary/aromatic N) is 4. The van der Waals surface area contributed by atoms with Crippen molar-refractivity contribution in [1.29, 1.82) is 5.26 Å². The Balaban J connectivity index is 1.29. The molecule has 0 atom stereocenters. The summed E-state index contributed by atoms with van der Waals surface area (Å²) in [5.41, 5.74) is 4.41. The zero-order valence-electron chi connectivity index (χ0n) is 21.0. The average molecular weight is 491 g/mol. The second kappa shape index (κ2) is 10.7. The molecule has 1 saturated heterocycles. The molecule has 6 heteroatoms. The number of carbonyl (C=O) groups excluding carboxylic acids is 2. The lowest BCUT2D eigenvalue weighted by Crippen LogP contribution is -2.43. The number of rotatable bonds is 6. The molecule has 0 spiro atoms. The number of carbonyl (C=O) groups is 2. The summed E-state index contributed by atoms with van der Waals surface area (Å²) in [7, 11) is 1.86. The van der Waals surface area contributed by atoms with Gasteiger partial charge >= 0.3 is 0 Å². The van der Waals surface area contributed by atoms with Gasteiger partial charge in [-0.05, 0) is 48.2 Å². The number of piperidine rings is 1. The number of nitriles is 1. The monoisotopic (exact) mass is 490 g/mol. The summed E-state index contributed by atoms with van der Waals surface area (Å²) in [5.74, 6) is 0.0709. The fourth-order valence-corrected chi connectivity index (χ4v) is 5.16. The second-order valence-electron chi connectivity index (χ2n) is 9.73. The van der Waals surface area contributed by atoms with Crippen LogP contribution in [0.5, 0.6) is 0 Å². The third-order valence-corrected chi connectivity index (χ3v) is 7.22. The Hall–Kier alpha value is -4.37. The third kappa shape index (κ3) is 5.26. The van der Waals surface area contributed by atoms with Gasteiger partial charge in [0.05, 0.1) is 11.6 Å². The van der Waals surface area contributed by atoms with Crippen molar-refractivity contribution in [2.45, 2.75) is 25.9 Å². The SMILES string of the molecule is CN(Cc1ccccc1)C(=O)C1CCN(C(=O)c2cc3ccccc3n2Cc2ccc(C#N)cc2)CC1. The first-order valence-electron chi connectivity index (χ1n) is 12.7. The Morgan fingerprint density at radius 1 is 0.919 bits per heavy atom. The first-order chi connectivity index (χ1) is 18.0. The van der Waals surface area contributed by atoms with Gasteiger partial charge in [0.1, 0.15) is 5.69 Å². The molecule has 3 aromatic carbocycles. The molecule has 0 N–H and O–H groups in total. The number of aromatic nitrogens is 1. The Morgan fingerprint density at radius 3 is 2.30 bits per heavy atom. The Morgan fingerprint density at radius 2 is 1.59 bits per heavy atom. The van der Waals surface area contributed by atoms with Crippen molar-refractivity contribution in [1.82, 2.24) is 14.4 Å². The molecule has 0 bridgehead atoms. The molecule has 0 radical (unpaired) electrons. The van der Waals surface area contributed by atoms with Crippen LogP contribution in [-0.2, 0) is 17.9 Å². The van der Waals surface area contributed by atoms with Crippen LogP contribution >= 0.6 is 0 Å². The molecule has 6 nitrogen and oxygen atoms in total. The molecular weight excluding hydrogens is 460 g/mol. The predicted molar refractivity (Wildman–Crippen MR) is 144 cm³/mol.